The van der Waals surface area contributed by atoms with E-state index in [2.05, 4.69) is 5.32 Å². The van der Waals surface area contributed by atoms with Crippen LogP contribution in [0.3, 0.4) is 0 Å². The van der Waals surface area contributed by atoms with Crippen LogP contribution in [0.1, 0.15) is 0 Å². The van der Waals surface area contributed by atoms with Gasteiger partial charge in [-0.15, -0.1) is 11.3 Å². The maximum Gasteiger partial charge on any atom is 0.317 e. The fourth-order valence-corrected chi connectivity index (χ4v) is 1.99. The number of hydrogen-bond donors (Lipinski definition) is 2. The van der Waals surface area contributed by atoms with Gasteiger partial charge in [-0.2, -0.15) is 0 Å². The Hall–Kier alpha value is -1.75. The molecule has 3 N–H and O–H groups in total. The molecule has 2 aromatic rings. The number of nitrogens with two attached hydrogens (primary N) is 1. The Labute approximate surface area is 85.0 Å². The van der Waals surface area contributed by atoms with Crippen molar-refractivity contribution in [2.24, 2.45) is 5.73 Å². The topological polar surface area (TPSA) is 60.1 Å². The molecule has 2 heterocycles. The van der Waals surface area contributed by atoms with Crippen molar-refractivity contribution in [1.29, 1.82) is 0 Å². The molecule has 0 bridgehead atoms. The summed E-state index contributed by atoms with van der Waals surface area (Å²) in [7, 11) is 0. The van der Waals surface area contributed by atoms with E-state index in [1.54, 1.807) is 0 Å². The molecular formula is C9H9N3OS. The fourth-order valence-electron chi connectivity index (χ4n) is 1.21. The highest BCUT2D eigenvalue weighted by molar-refractivity contribution is 7.14. The van der Waals surface area contributed by atoms with Crippen LogP contribution in [-0.2, 0) is 0 Å². The first-order chi connectivity index (χ1) is 6.77. The molecule has 14 heavy (non-hydrogen) atoms. The highest BCUT2D eigenvalue weighted by Crippen LogP contribution is 2.26. The predicted octanol–water partition coefficient (Wildman–Crippen LogP) is 2.03. The Kier molecular flexibility index (Phi) is 2.24. The second-order valence-electron chi connectivity index (χ2n) is 2.71. The van der Waals surface area contributed by atoms with Gasteiger partial charge in [-0.05, 0) is 23.6 Å². The maximum absolute atomic E-state index is 10.7. The van der Waals surface area contributed by atoms with Gasteiger partial charge >= 0.3 is 6.03 Å². The number of carbonyl (C=O) groups excluding carboxylic acids is 1. The Balaban J connectivity index is 2.35. The molecule has 0 fully saturated rings. The van der Waals surface area contributed by atoms with Crippen molar-refractivity contribution in [2.45, 2.75) is 0 Å². The molecule has 0 aliphatic carbocycles. The number of aromatic nitrogens is 1. The van der Waals surface area contributed by atoms with Gasteiger partial charge in [-0.1, -0.05) is 0 Å². The lowest BCUT2D eigenvalue weighted by atomic mass is 10.5. The Morgan fingerprint density at radius 3 is 2.79 bits per heavy atom. The van der Waals surface area contributed by atoms with Gasteiger partial charge in [0, 0.05) is 12.4 Å². The Morgan fingerprint density at radius 1 is 1.43 bits per heavy atom. The second-order valence-corrected chi connectivity index (χ2v) is 3.63. The van der Waals surface area contributed by atoms with Crippen LogP contribution in [0.2, 0.25) is 0 Å². The van der Waals surface area contributed by atoms with Gasteiger partial charge in [0.15, 0.2) is 0 Å². The molecule has 2 aromatic heterocycles. The zero-order valence-corrected chi connectivity index (χ0v) is 8.12. The minimum absolute atomic E-state index is 0.541. The molecule has 0 unspecified atom stereocenters. The van der Waals surface area contributed by atoms with E-state index in [0.29, 0.717) is 0 Å². The van der Waals surface area contributed by atoms with Crippen molar-refractivity contribution < 1.29 is 4.79 Å². The molecule has 0 radical (unpaired) electrons. The van der Waals surface area contributed by atoms with Gasteiger partial charge in [0.2, 0.25) is 0 Å². The summed E-state index contributed by atoms with van der Waals surface area (Å²) < 4.78 is 1.92. The number of carbonyl (C=O) groups is 1. The number of primary amides is 1. The number of urea groups is 1. The minimum atomic E-state index is -0.541. The highest BCUT2D eigenvalue weighted by Gasteiger charge is 2.06. The van der Waals surface area contributed by atoms with Gasteiger partial charge in [-0.3, -0.25) is 5.32 Å². The summed E-state index contributed by atoms with van der Waals surface area (Å²) in [6.45, 7) is 0. The lowest BCUT2D eigenvalue weighted by Crippen LogP contribution is -2.19. The van der Waals surface area contributed by atoms with E-state index >= 15 is 0 Å². The summed E-state index contributed by atoms with van der Waals surface area (Å²) >= 11 is 1.44. The molecule has 5 heteroatoms. The SMILES string of the molecule is NC(=O)Nc1sccc1-n1cccc1. The number of rotatable bonds is 2. The zero-order chi connectivity index (χ0) is 9.97. The number of thiophene rings is 1. The third kappa shape index (κ3) is 1.62. The standard InChI is InChI=1S/C9H9N3OS/c10-9(13)11-8-7(3-6-14-8)12-4-1-2-5-12/h1-6H,(H3,10,11,13). The highest BCUT2D eigenvalue weighted by atomic mass is 32.1. The first kappa shape index (κ1) is 8.83. The largest absolute Gasteiger partial charge is 0.351 e. The van der Waals surface area contributed by atoms with Crippen molar-refractivity contribution in [3.63, 3.8) is 0 Å². The van der Waals surface area contributed by atoms with Crippen molar-refractivity contribution in [3.05, 3.63) is 36.0 Å². The summed E-state index contributed by atoms with van der Waals surface area (Å²) in [5.41, 5.74) is 5.98. The monoisotopic (exact) mass is 207 g/mol. The second kappa shape index (κ2) is 3.55. The molecule has 0 atom stereocenters. The van der Waals surface area contributed by atoms with Crippen LogP contribution in [-0.4, -0.2) is 10.6 Å². The minimum Gasteiger partial charge on any atom is -0.351 e. The van der Waals surface area contributed by atoms with Crippen LogP contribution in [0.4, 0.5) is 9.80 Å². The average Bonchev–Trinajstić information content (AvgIpc) is 2.70. The van der Waals surface area contributed by atoms with Gasteiger partial charge in [0.25, 0.3) is 0 Å². The summed E-state index contributed by atoms with van der Waals surface area (Å²) in [6, 6.07) is 5.23. The number of hydrogen-bond acceptors (Lipinski definition) is 2. The van der Waals surface area contributed by atoms with Crippen molar-refractivity contribution >= 4 is 22.4 Å². The zero-order valence-electron chi connectivity index (χ0n) is 7.31. The molecule has 2 rings (SSSR count). The molecule has 0 saturated heterocycles. The molecular weight excluding hydrogens is 198 g/mol. The normalized spacial score (nSPS) is 10.0. The van der Waals surface area contributed by atoms with E-state index < -0.39 is 6.03 Å². The summed E-state index contributed by atoms with van der Waals surface area (Å²) in [6.07, 6.45) is 3.82. The smallest absolute Gasteiger partial charge is 0.317 e. The van der Waals surface area contributed by atoms with Gasteiger partial charge in [-0.25, -0.2) is 4.79 Å². The third-order valence-electron chi connectivity index (χ3n) is 1.76. The van der Waals surface area contributed by atoms with Gasteiger partial charge < -0.3 is 10.3 Å². The first-order valence-electron chi connectivity index (χ1n) is 4.04. The van der Waals surface area contributed by atoms with E-state index in [1.807, 2.05) is 40.5 Å². The van der Waals surface area contributed by atoms with E-state index in [0.717, 1.165) is 10.7 Å². The Morgan fingerprint density at radius 2 is 2.14 bits per heavy atom. The summed E-state index contributed by atoms with van der Waals surface area (Å²) in [5.74, 6) is 0. The van der Waals surface area contributed by atoms with E-state index in [9.17, 15) is 4.79 Å². The number of nitrogens with zero attached hydrogens (tertiary/aromatic N) is 1. The van der Waals surface area contributed by atoms with E-state index in [1.165, 1.54) is 11.3 Å². The molecule has 2 amide bonds. The number of amides is 2. The maximum atomic E-state index is 10.7. The lowest BCUT2D eigenvalue weighted by Gasteiger charge is -2.04. The van der Waals surface area contributed by atoms with Crippen molar-refractivity contribution in [1.82, 2.24) is 4.57 Å². The molecule has 4 nitrogen and oxygen atoms in total. The molecule has 0 aliphatic rings. The van der Waals surface area contributed by atoms with E-state index in [4.69, 9.17) is 5.73 Å². The quantitative estimate of drug-likeness (QED) is 0.777. The van der Waals surface area contributed by atoms with Crippen LogP contribution < -0.4 is 11.1 Å². The molecule has 0 spiro atoms. The van der Waals surface area contributed by atoms with Gasteiger partial charge in [0.05, 0.1) is 5.69 Å². The molecule has 0 saturated carbocycles. The van der Waals surface area contributed by atoms with Crippen LogP contribution >= 0.6 is 11.3 Å². The number of anilines is 1. The molecule has 72 valence electrons. The number of nitrogens with one attached hydrogen (secondary N) is 1. The van der Waals surface area contributed by atoms with Crippen LogP contribution in [0, 0.1) is 0 Å². The molecule has 0 aromatic carbocycles. The van der Waals surface area contributed by atoms with Crippen LogP contribution in [0.15, 0.2) is 36.0 Å². The summed E-state index contributed by atoms with van der Waals surface area (Å²) in [4.78, 5) is 10.7. The molecule has 0 aliphatic heterocycles. The van der Waals surface area contributed by atoms with E-state index in [-0.39, 0.29) is 0 Å². The first-order valence-corrected chi connectivity index (χ1v) is 4.92. The fraction of sp³-hybridized carbons (Fsp3) is 0. The van der Waals surface area contributed by atoms with Crippen molar-refractivity contribution in [2.75, 3.05) is 5.32 Å². The summed E-state index contributed by atoms with van der Waals surface area (Å²) in [5, 5.41) is 5.24. The van der Waals surface area contributed by atoms with Crippen molar-refractivity contribution in [3.8, 4) is 5.69 Å². The Bertz CT molecular complexity index is 433. The van der Waals surface area contributed by atoms with Gasteiger partial charge in [0.1, 0.15) is 5.00 Å². The predicted molar refractivity (Wildman–Crippen MR) is 56.9 cm³/mol. The third-order valence-corrected chi connectivity index (χ3v) is 2.58. The average molecular weight is 207 g/mol. The van der Waals surface area contributed by atoms with Crippen LogP contribution in [0.5, 0.6) is 0 Å². The lowest BCUT2D eigenvalue weighted by molar-refractivity contribution is 0.259. The van der Waals surface area contributed by atoms with Crippen LogP contribution in [0.25, 0.3) is 5.69 Å².